The van der Waals surface area contributed by atoms with Gasteiger partial charge in [0.15, 0.2) is 0 Å². The minimum Gasteiger partial charge on any atom is -0.256 e. The zero-order chi connectivity index (χ0) is 11.7. The van der Waals surface area contributed by atoms with Crippen molar-refractivity contribution in [2.75, 3.05) is 0 Å². The van der Waals surface area contributed by atoms with Crippen molar-refractivity contribution in [2.45, 2.75) is 4.90 Å². The summed E-state index contributed by atoms with van der Waals surface area (Å²) < 4.78 is 0. The molecule has 0 aliphatic rings. The third-order valence-corrected chi connectivity index (χ3v) is 3.20. The van der Waals surface area contributed by atoms with Crippen molar-refractivity contribution in [3.05, 3.63) is 60.8 Å². The first-order valence-electron chi connectivity index (χ1n) is 5.48. The second-order valence-electron chi connectivity index (χ2n) is 3.93. The number of pyridine rings is 1. The van der Waals surface area contributed by atoms with Crippen molar-refractivity contribution in [3.63, 3.8) is 0 Å². The minimum atomic E-state index is 0.976. The third-order valence-electron chi connectivity index (χ3n) is 2.81. The fraction of sp³-hybridized carbons (Fsp3) is 0. The van der Waals surface area contributed by atoms with Gasteiger partial charge < -0.3 is 0 Å². The summed E-state index contributed by atoms with van der Waals surface area (Å²) in [6.07, 6.45) is 1.90. The van der Waals surface area contributed by atoms with Gasteiger partial charge in [-0.1, -0.05) is 36.4 Å². The molecule has 82 valence electrons. The van der Waals surface area contributed by atoms with Crippen LogP contribution in [0.5, 0.6) is 0 Å². The number of aromatic nitrogens is 1. The van der Waals surface area contributed by atoms with Gasteiger partial charge in [-0.25, -0.2) is 0 Å². The van der Waals surface area contributed by atoms with E-state index >= 15 is 0 Å². The highest BCUT2D eigenvalue weighted by molar-refractivity contribution is 7.80. The first-order valence-corrected chi connectivity index (χ1v) is 5.92. The molecule has 0 spiro atoms. The molecule has 0 N–H and O–H groups in total. The highest BCUT2D eigenvalue weighted by Gasteiger charge is 2.03. The van der Waals surface area contributed by atoms with Crippen LogP contribution in [0, 0.1) is 0 Å². The van der Waals surface area contributed by atoms with E-state index in [0.717, 1.165) is 26.9 Å². The van der Waals surface area contributed by atoms with Crippen molar-refractivity contribution in [1.29, 1.82) is 0 Å². The first-order chi connectivity index (χ1) is 8.34. The molecule has 0 saturated carbocycles. The summed E-state index contributed by atoms with van der Waals surface area (Å²) in [5, 5.41) is 1.15. The molecule has 2 aromatic carbocycles. The van der Waals surface area contributed by atoms with E-state index in [0.29, 0.717) is 0 Å². The van der Waals surface area contributed by atoms with Gasteiger partial charge in [0.05, 0.1) is 5.52 Å². The van der Waals surface area contributed by atoms with Crippen LogP contribution in [0.4, 0.5) is 0 Å². The lowest BCUT2D eigenvalue weighted by molar-refractivity contribution is 1.38. The predicted octanol–water partition coefficient (Wildman–Crippen LogP) is 4.19. The maximum absolute atomic E-state index is 4.48. The molecular weight excluding hydrogens is 226 g/mol. The number of hydrogen-bond donors (Lipinski definition) is 1. The van der Waals surface area contributed by atoms with E-state index < -0.39 is 0 Å². The van der Waals surface area contributed by atoms with Gasteiger partial charge in [0.25, 0.3) is 0 Å². The number of thiol groups is 1. The van der Waals surface area contributed by atoms with Gasteiger partial charge in [0.1, 0.15) is 0 Å². The van der Waals surface area contributed by atoms with E-state index in [1.54, 1.807) is 0 Å². The Hall–Kier alpha value is -1.80. The van der Waals surface area contributed by atoms with Crippen LogP contribution in [0.15, 0.2) is 65.7 Å². The fourth-order valence-electron chi connectivity index (χ4n) is 1.94. The minimum absolute atomic E-state index is 0.976. The Balaban J connectivity index is 2.22. The molecule has 1 nitrogen and oxygen atoms in total. The summed E-state index contributed by atoms with van der Waals surface area (Å²) in [5.41, 5.74) is 3.25. The fourth-order valence-corrected chi connectivity index (χ4v) is 2.23. The summed E-state index contributed by atoms with van der Waals surface area (Å²) in [6, 6.07) is 18.3. The van der Waals surface area contributed by atoms with E-state index in [4.69, 9.17) is 0 Å². The van der Waals surface area contributed by atoms with Crippen molar-refractivity contribution in [2.24, 2.45) is 0 Å². The lowest BCUT2D eigenvalue weighted by atomic mass is 10.1. The molecule has 2 heteroatoms. The molecule has 0 aliphatic carbocycles. The van der Waals surface area contributed by atoms with E-state index in [9.17, 15) is 0 Å². The number of hydrogen-bond acceptors (Lipinski definition) is 2. The zero-order valence-corrected chi connectivity index (χ0v) is 10.1. The molecule has 17 heavy (non-hydrogen) atoms. The van der Waals surface area contributed by atoms with Crippen molar-refractivity contribution in [1.82, 2.24) is 4.98 Å². The standard InChI is InChI=1S/C15H11NS/c17-15-8-4-2-6-13(15)12-9-11-5-1-3-7-14(11)16-10-12/h1-10,17H. The monoisotopic (exact) mass is 237 g/mol. The van der Waals surface area contributed by atoms with E-state index in [1.165, 1.54) is 0 Å². The van der Waals surface area contributed by atoms with E-state index in [2.05, 4.69) is 35.8 Å². The molecule has 0 fully saturated rings. The molecule has 3 rings (SSSR count). The molecule has 0 radical (unpaired) electrons. The van der Waals surface area contributed by atoms with Gasteiger partial charge in [0.2, 0.25) is 0 Å². The second kappa shape index (κ2) is 4.22. The highest BCUT2D eigenvalue weighted by Crippen LogP contribution is 2.27. The Labute approximate surface area is 106 Å². The van der Waals surface area contributed by atoms with Crippen molar-refractivity contribution in [3.8, 4) is 11.1 Å². The van der Waals surface area contributed by atoms with Crippen LogP contribution in [0.1, 0.15) is 0 Å². The SMILES string of the molecule is Sc1ccccc1-c1cnc2ccccc2c1. The smallest absolute Gasteiger partial charge is 0.0702 e. The Bertz CT molecular complexity index is 676. The topological polar surface area (TPSA) is 12.9 Å². The maximum atomic E-state index is 4.48. The van der Waals surface area contributed by atoms with Gasteiger partial charge in [-0.3, -0.25) is 4.98 Å². The molecule has 0 bridgehead atoms. The summed E-state index contributed by atoms with van der Waals surface area (Å²) in [7, 11) is 0. The molecule has 3 aromatic rings. The Morgan fingerprint density at radius 1 is 0.882 bits per heavy atom. The molecule has 0 amide bonds. The average molecular weight is 237 g/mol. The molecule has 0 atom stereocenters. The first kappa shape index (κ1) is 10.4. The summed E-state index contributed by atoms with van der Waals surface area (Å²) >= 11 is 4.48. The molecular formula is C15H11NS. The van der Waals surface area contributed by atoms with Crippen molar-refractivity contribution < 1.29 is 0 Å². The number of rotatable bonds is 1. The van der Waals surface area contributed by atoms with Gasteiger partial charge in [-0.05, 0) is 23.8 Å². The summed E-state index contributed by atoms with van der Waals surface area (Å²) in [4.78, 5) is 5.44. The summed E-state index contributed by atoms with van der Waals surface area (Å²) in [6.45, 7) is 0. The van der Waals surface area contributed by atoms with Gasteiger partial charge >= 0.3 is 0 Å². The lowest BCUT2D eigenvalue weighted by Crippen LogP contribution is -1.83. The second-order valence-corrected chi connectivity index (χ2v) is 4.42. The van der Waals surface area contributed by atoms with Crippen LogP contribution in [0.25, 0.3) is 22.0 Å². The quantitative estimate of drug-likeness (QED) is 0.626. The molecule has 0 unspecified atom stereocenters. The van der Waals surface area contributed by atoms with Gasteiger partial charge in [-0.15, -0.1) is 12.6 Å². The van der Waals surface area contributed by atoms with Crippen LogP contribution in [0.3, 0.4) is 0 Å². The van der Waals surface area contributed by atoms with Gasteiger partial charge in [-0.2, -0.15) is 0 Å². The maximum Gasteiger partial charge on any atom is 0.0702 e. The Morgan fingerprint density at radius 3 is 2.53 bits per heavy atom. The van der Waals surface area contributed by atoms with Crippen LogP contribution in [-0.4, -0.2) is 4.98 Å². The average Bonchev–Trinajstić information content (AvgIpc) is 2.39. The molecule has 1 aromatic heterocycles. The molecule has 1 heterocycles. The normalized spacial score (nSPS) is 10.6. The molecule has 0 saturated heterocycles. The number of benzene rings is 2. The number of fused-ring (bicyclic) bond motifs is 1. The zero-order valence-electron chi connectivity index (χ0n) is 9.17. The van der Waals surface area contributed by atoms with Crippen LogP contribution >= 0.6 is 12.6 Å². The highest BCUT2D eigenvalue weighted by atomic mass is 32.1. The van der Waals surface area contributed by atoms with Crippen LogP contribution in [0.2, 0.25) is 0 Å². The Morgan fingerprint density at radius 2 is 1.65 bits per heavy atom. The van der Waals surface area contributed by atoms with E-state index in [1.807, 2.05) is 42.6 Å². The Kier molecular flexibility index (Phi) is 2.57. The predicted molar refractivity (Wildman–Crippen MR) is 74.4 cm³/mol. The third kappa shape index (κ3) is 1.92. The van der Waals surface area contributed by atoms with Crippen LogP contribution < -0.4 is 0 Å². The lowest BCUT2D eigenvalue weighted by Gasteiger charge is -2.05. The largest absolute Gasteiger partial charge is 0.256 e. The van der Waals surface area contributed by atoms with Crippen molar-refractivity contribution >= 4 is 23.5 Å². The number of nitrogens with zero attached hydrogens (tertiary/aromatic N) is 1. The van der Waals surface area contributed by atoms with E-state index in [-0.39, 0.29) is 0 Å². The van der Waals surface area contributed by atoms with Gasteiger partial charge in [0, 0.05) is 22.0 Å². The molecule has 0 aliphatic heterocycles. The number of para-hydroxylation sites is 1. The van der Waals surface area contributed by atoms with Crippen LogP contribution in [-0.2, 0) is 0 Å². The summed E-state index contributed by atoms with van der Waals surface area (Å²) in [5.74, 6) is 0.